The lowest BCUT2D eigenvalue weighted by atomic mass is 10.1. The Morgan fingerprint density at radius 2 is 1.89 bits per heavy atom. The van der Waals surface area contributed by atoms with Gasteiger partial charge in [0.25, 0.3) is 11.1 Å². The molecule has 0 aliphatic heterocycles. The van der Waals surface area contributed by atoms with E-state index in [-0.39, 0.29) is 17.2 Å². The maximum absolute atomic E-state index is 12.9. The largest absolute Gasteiger partial charge is 0.383 e. The highest BCUT2D eigenvalue weighted by Crippen LogP contribution is 2.15. The Morgan fingerprint density at radius 3 is 2.64 bits per heavy atom. The molecule has 0 fully saturated rings. The molecule has 0 aliphatic carbocycles. The minimum atomic E-state index is -0.305. The Morgan fingerprint density at radius 1 is 1.11 bits per heavy atom. The molecule has 12 nitrogen and oxygen atoms in total. The molecule has 0 N–H and O–H groups in total. The molecule has 0 aliphatic rings. The summed E-state index contributed by atoms with van der Waals surface area (Å²) in [5.74, 6) is 0. The van der Waals surface area contributed by atoms with Gasteiger partial charge < -0.3 is 4.74 Å². The minimum Gasteiger partial charge on any atom is -0.383 e. The molecule has 4 aromatic rings. The van der Waals surface area contributed by atoms with Crippen LogP contribution in [0.2, 0.25) is 0 Å². The number of aromatic nitrogens is 9. The van der Waals surface area contributed by atoms with Gasteiger partial charge in [0.15, 0.2) is 6.33 Å². The van der Waals surface area contributed by atoms with Crippen LogP contribution in [0.5, 0.6) is 0 Å². The van der Waals surface area contributed by atoms with Gasteiger partial charge in [-0.15, -0.1) is 15.3 Å². The molecule has 1 atom stereocenters. The van der Waals surface area contributed by atoms with E-state index in [9.17, 15) is 9.59 Å². The number of benzene rings is 1. The first kappa shape index (κ1) is 17.9. The highest BCUT2D eigenvalue weighted by atomic mass is 16.5. The van der Waals surface area contributed by atoms with Crippen LogP contribution in [0.25, 0.3) is 21.8 Å². The Hall–Kier alpha value is -3.54. The van der Waals surface area contributed by atoms with Gasteiger partial charge in [-0.2, -0.15) is 4.80 Å². The molecule has 0 radical (unpaired) electrons. The molecule has 0 bridgehead atoms. The number of nitrogens with zero attached hydrogens (tertiary/aromatic N) is 9. The van der Waals surface area contributed by atoms with Gasteiger partial charge >= 0.3 is 0 Å². The summed E-state index contributed by atoms with van der Waals surface area (Å²) >= 11 is 0. The van der Waals surface area contributed by atoms with Gasteiger partial charge in [0, 0.05) is 7.11 Å². The molecule has 1 aromatic carbocycles. The van der Waals surface area contributed by atoms with Crippen LogP contribution in [0.4, 0.5) is 0 Å². The average molecular weight is 383 g/mol. The fourth-order valence-corrected chi connectivity index (χ4v) is 2.94. The molecule has 3 heterocycles. The number of rotatable bonds is 6. The summed E-state index contributed by atoms with van der Waals surface area (Å²) < 4.78 is 7.69. The fraction of sp³-hybridized carbons (Fsp3) is 0.375. The second-order valence-corrected chi connectivity index (χ2v) is 6.29. The van der Waals surface area contributed by atoms with Crippen molar-refractivity contribution in [3.8, 4) is 0 Å². The Balaban J connectivity index is 1.79. The van der Waals surface area contributed by atoms with Crippen LogP contribution in [0.3, 0.4) is 0 Å². The minimum absolute atomic E-state index is 0.245. The molecule has 0 amide bonds. The quantitative estimate of drug-likeness (QED) is 0.400. The standard InChI is InChI=1S/C16H17N9O3/c1-10(7-25-19-8-18-21-25)23-9-17-13-5-12-14(6-11(13)15(23)26)20-22-24(16(12)27)3-4-28-2/h5-6,8-10H,3-4,7H2,1-2H3/t10-/m1/s1. The highest BCUT2D eigenvalue weighted by Gasteiger charge is 2.14. The first-order valence-electron chi connectivity index (χ1n) is 8.56. The molecule has 0 saturated heterocycles. The van der Waals surface area contributed by atoms with Crippen LogP contribution in [0, 0.1) is 0 Å². The van der Waals surface area contributed by atoms with Crippen molar-refractivity contribution < 1.29 is 4.74 Å². The van der Waals surface area contributed by atoms with E-state index in [1.807, 2.05) is 6.92 Å². The zero-order chi connectivity index (χ0) is 19.7. The molecule has 28 heavy (non-hydrogen) atoms. The predicted molar refractivity (Wildman–Crippen MR) is 97.8 cm³/mol. The van der Waals surface area contributed by atoms with Gasteiger partial charge in [-0.3, -0.25) is 14.2 Å². The molecule has 3 aromatic heterocycles. The van der Waals surface area contributed by atoms with Crippen molar-refractivity contribution >= 4 is 21.8 Å². The lowest BCUT2D eigenvalue weighted by Gasteiger charge is -2.14. The number of fused-ring (bicyclic) bond motifs is 2. The highest BCUT2D eigenvalue weighted by molar-refractivity contribution is 5.93. The van der Waals surface area contributed by atoms with Crippen LogP contribution in [0.15, 0.2) is 34.4 Å². The summed E-state index contributed by atoms with van der Waals surface area (Å²) in [4.78, 5) is 31.3. The average Bonchev–Trinajstić information content (AvgIpc) is 3.20. The number of methoxy groups -OCH3 is 1. The van der Waals surface area contributed by atoms with Crippen LogP contribution < -0.4 is 11.1 Å². The third-order valence-electron chi connectivity index (χ3n) is 4.43. The molecular weight excluding hydrogens is 366 g/mol. The Kier molecular flexibility index (Phi) is 4.61. The van der Waals surface area contributed by atoms with Crippen molar-refractivity contribution in [1.29, 1.82) is 0 Å². The molecule has 144 valence electrons. The van der Waals surface area contributed by atoms with Crippen molar-refractivity contribution in [2.45, 2.75) is 26.1 Å². The third kappa shape index (κ3) is 3.13. The second kappa shape index (κ2) is 7.23. The second-order valence-electron chi connectivity index (χ2n) is 6.29. The molecule has 0 saturated carbocycles. The topological polar surface area (TPSA) is 136 Å². The lowest BCUT2D eigenvalue weighted by Crippen LogP contribution is -2.28. The number of hydrogen-bond donors (Lipinski definition) is 0. The molecule has 0 unspecified atom stereocenters. The summed E-state index contributed by atoms with van der Waals surface area (Å²) in [6, 6.07) is 2.87. The van der Waals surface area contributed by atoms with E-state index in [1.54, 1.807) is 19.2 Å². The van der Waals surface area contributed by atoms with Gasteiger partial charge in [0.05, 0.1) is 48.4 Å². The SMILES string of the molecule is COCCn1nnc2cc3c(=O)n([C@H](C)Cn4ncnn4)cnc3cc2c1=O. The van der Waals surface area contributed by atoms with Gasteiger partial charge in [0.1, 0.15) is 5.52 Å². The van der Waals surface area contributed by atoms with Crippen molar-refractivity contribution in [3.05, 3.63) is 45.5 Å². The smallest absolute Gasteiger partial charge is 0.277 e. The molecular formula is C16H17N9O3. The number of ether oxygens (including phenoxy) is 1. The van der Waals surface area contributed by atoms with Crippen LogP contribution >= 0.6 is 0 Å². The van der Waals surface area contributed by atoms with Gasteiger partial charge in [-0.25, -0.2) is 9.67 Å². The first-order valence-corrected chi connectivity index (χ1v) is 8.56. The third-order valence-corrected chi connectivity index (χ3v) is 4.43. The molecule has 12 heteroatoms. The van der Waals surface area contributed by atoms with E-state index in [4.69, 9.17) is 4.74 Å². The summed E-state index contributed by atoms with van der Waals surface area (Å²) in [6.45, 7) is 2.85. The van der Waals surface area contributed by atoms with Crippen molar-refractivity contribution in [3.63, 3.8) is 0 Å². The van der Waals surface area contributed by atoms with Gasteiger partial charge in [0.2, 0.25) is 0 Å². The van der Waals surface area contributed by atoms with Gasteiger partial charge in [-0.05, 0) is 24.3 Å². The van der Waals surface area contributed by atoms with E-state index in [0.29, 0.717) is 41.5 Å². The summed E-state index contributed by atoms with van der Waals surface area (Å²) in [7, 11) is 1.54. The van der Waals surface area contributed by atoms with Crippen molar-refractivity contribution in [2.75, 3.05) is 13.7 Å². The molecule has 4 rings (SSSR count). The summed E-state index contributed by atoms with van der Waals surface area (Å²) in [6.07, 6.45) is 2.79. The first-order chi connectivity index (χ1) is 13.6. The Labute approximate surface area is 157 Å². The van der Waals surface area contributed by atoms with E-state index in [2.05, 4.69) is 30.7 Å². The van der Waals surface area contributed by atoms with Crippen LogP contribution in [-0.4, -0.2) is 58.5 Å². The molecule has 0 spiro atoms. The Bertz CT molecular complexity index is 1250. The van der Waals surface area contributed by atoms with E-state index in [0.717, 1.165) is 0 Å². The normalized spacial score (nSPS) is 12.6. The van der Waals surface area contributed by atoms with Crippen molar-refractivity contribution in [2.24, 2.45) is 0 Å². The predicted octanol–water partition coefficient (Wildman–Crippen LogP) is -0.604. The number of tetrazole rings is 1. The zero-order valence-corrected chi connectivity index (χ0v) is 15.3. The van der Waals surface area contributed by atoms with Crippen LogP contribution in [-0.2, 0) is 17.8 Å². The monoisotopic (exact) mass is 383 g/mol. The van der Waals surface area contributed by atoms with Gasteiger partial charge in [-0.1, -0.05) is 5.21 Å². The van der Waals surface area contributed by atoms with E-state index < -0.39 is 0 Å². The van der Waals surface area contributed by atoms with Crippen molar-refractivity contribution in [1.82, 2.24) is 44.8 Å². The fourth-order valence-electron chi connectivity index (χ4n) is 2.94. The van der Waals surface area contributed by atoms with E-state index >= 15 is 0 Å². The maximum atomic E-state index is 12.9. The number of hydrogen-bond acceptors (Lipinski definition) is 9. The van der Waals surface area contributed by atoms with E-state index in [1.165, 1.54) is 26.7 Å². The maximum Gasteiger partial charge on any atom is 0.277 e. The summed E-state index contributed by atoms with van der Waals surface area (Å²) in [5.41, 5.74) is 0.210. The zero-order valence-electron chi connectivity index (χ0n) is 15.3. The van der Waals surface area contributed by atoms with Crippen LogP contribution in [0.1, 0.15) is 13.0 Å². The lowest BCUT2D eigenvalue weighted by molar-refractivity contribution is 0.181. The summed E-state index contributed by atoms with van der Waals surface area (Å²) in [5, 5.41) is 20.1.